The molecule has 0 aromatic carbocycles. The van der Waals surface area contributed by atoms with Gasteiger partial charge in [0.1, 0.15) is 13.2 Å². The van der Waals surface area contributed by atoms with E-state index in [9.17, 15) is 14.4 Å². The van der Waals surface area contributed by atoms with E-state index >= 15 is 0 Å². The van der Waals surface area contributed by atoms with Crippen LogP contribution in [0.3, 0.4) is 0 Å². The van der Waals surface area contributed by atoms with Gasteiger partial charge in [-0.05, 0) is 31.1 Å². The molecule has 0 aliphatic rings. The second-order valence-corrected chi connectivity index (χ2v) is 17.0. The number of hydrogen-bond acceptors (Lipinski definition) is 6. The fourth-order valence-corrected chi connectivity index (χ4v) is 6.93. The topological polar surface area (TPSA) is 78.9 Å². The number of carbonyl (C=O) groups is 3. The Morgan fingerprint density at radius 2 is 0.623 bits per heavy atom. The molecule has 0 aromatic rings. The maximum atomic E-state index is 12.6. The first-order chi connectivity index (χ1) is 25.7. The predicted molar refractivity (Wildman–Crippen MR) is 224 cm³/mol. The lowest BCUT2D eigenvalue weighted by Crippen LogP contribution is -2.30. The molecular formula is C47H90O6. The minimum absolute atomic E-state index is 0.0666. The van der Waals surface area contributed by atoms with Crippen molar-refractivity contribution in [2.24, 2.45) is 11.8 Å². The maximum Gasteiger partial charge on any atom is 0.306 e. The lowest BCUT2D eigenvalue weighted by Gasteiger charge is -2.18. The van der Waals surface area contributed by atoms with Crippen molar-refractivity contribution in [3.63, 3.8) is 0 Å². The Hall–Kier alpha value is -1.59. The average Bonchev–Trinajstić information content (AvgIpc) is 3.12. The fourth-order valence-electron chi connectivity index (χ4n) is 6.93. The van der Waals surface area contributed by atoms with E-state index in [1.54, 1.807) is 0 Å². The highest BCUT2D eigenvalue weighted by Crippen LogP contribution is 2.17. The molecule has 0 unspecified atom stereocenters. The van der Waals surface area contributed by atoms with E-state index < -0.39 is 6.10 Å². The molecule has 53 heavy (non-hydrogen) atoms. The van der Waals surface area contributed by atoms with Gasteiger partial charge in [0.05, 0.1) is 0 Å². The number of unbranched alkanes of at least 4 members (excludes halogenated alkanes) is 26. The second kappa shape index (κ2) is 40.1. The molecule has 0 saturated heterocycles. The molecule has 6 heteroatoms. The van der Waals surface area contributed by atoms with Gasteiger partial charge < -0.3 is 14.2 Å². The van der Waals surface area contributed by atoms with Gasteiger partial charge >= 0.3 is 17.9 Å². The monoisotopic (exact) mass is 751 g/mol. The SMILES string of the molecule is CCCCCCCC(=O)OC[C@@H](COC(=O)CCCCCCCCCCCCCCCCCCCCC(C)C)OC(=O)CCCCCCCCC(C)C. The number of esters is 3. The van der Waals surface area contributed by atoms with Crippen LogP contribution in [0.15, 0.2) is 0 Å². The molecule has 0 saturated carbocycles. The van der Waals surface area contributed by atoms with Crippen LogP contribution in [0.2, 0.25) is 0 Å². The van der Waals surface area contributed by atoms with Crippen molar-refractivity contribution in [1.82, 2.24) is 0 Å². The van der Waals surface area contributed by atoms with Crippen LogP contribution in [0.4, 0.5) is 0 Å². The number of carbonyl (C=O) groups excluding carboxylic acids is 3. The Morgan fingerprint density at radius 1 is 0.358 bits per heavy atom. The highest BCUT2D eigenvalue weighted by molar-refractivity contribution is 5.71. The van der Waals surface area contributed by atoms with Crippen LogP contribution in [-0.4, -0.2) is 37.2 Å². The first-order valence-corrected chi connectivity index (χ1v) is 23.2. The third kappa shape index (κ3) is 41.4. The molecule has 0 aromatic heterocycles. The molecule has 0 N–H and O–H groups in total. The zero-order valence-electron chi connectivity index (χ0n) is 36.1. The van der Waals surface area contributed by atoms with Gasteiger partial charge in [-0.15, -0.1) is 0 Å². The molecule has 0 aliphatic carbocycles. The zero-order chi connectivity index (χ0) is 39.0. The third-order valence-electron chi connectivity index (χ3n) is 10.5. The maximum absolute atomic E-state index is 12.6. The molecule has 314 valence electrons. The Kier molecular flexibility index (Phi) is 38.9. The van der Waals surface area contributed by atoms with Gasteiger partial charge in [0.2, 0.25) is 0 Å². The van der Waals surface area contributed by atoms with E-state index in [2.05, 4.69) is 34.6 Å². The molecule has 0 fully saturated rings. The van der Waals surface area contributed by atoms with Crippen molar-refractivity contribution in [2.75, 3.05) is 13.2 Å². The summed E-state index contributed by atoms with van der Waals surface area (Å²) in [6, 6.07) is 0. The molecule has 0 rings (SSSR count). The Bertz CT molecular complexity index is 809. The summed E-state index contributed by atoms with van der Waals surface area (Å²) in [6.45, 7) is 11.2. The van der Waals surface area contributed by atoms with Gasteiger partial charge in [-0.3, -0.25) is 14.4 Å². The van der Waals surface area contributed by atoms with Crippen LogP contribution in [-0.2, 0) is 28.6 Å². The molecule has 0 aliphatic heterocycles. The van der Waals surface area contributed by atoms with E-state index in [0.29, 0.717) is 19.3 Å². The summed E-state index contributed by atoms with van der Waals surface area (Å²) in [6.07, 6.45) is 38.6. The lowest BCUT2D eigenvalue weighted by atomic mass is 10.0. The molecule has 0 amide bonds. The summed E-state index contributed by atoms with van der Waals surface area (Å²) in [7, 11) is 0. The molecule has 6 nitrogen and oxygen atoms in total. The van der Waals surface area contributed by atoms with Crippen molar-refractivity contribution >= 4 is 17.9 Å². The second-order valence-electron chi connectivity index (χ2n) is 17.0. The summed E-state index contributed by atoms with van der Waals surface area (Å²) in [5.41, 5.74) is 0. The number of hydrogen-bond donors (Lipinski definition) is 0. The molecule has 0 spiro atoms. The van der Waals surface area contributed by atoms with Crippen molar-refractivity contribution in [1.29, 1.82) is 0 Å². The van der Waals surface area contributed by atoms with Crippen molar-refractivity contribution in [3.8, 4) is 0 Å². The first-order valence-electron chi connectivity index (χ1n) is 23.2. The Labute approximate surface area is 329 Å². The van der Waals surface area contributed by atoms with Gasteiger partial charge in [0.15, 0.2) is 6.10 Å². The summed E-state index contributed by atoms with van der Waals surface area (Å²) in [5.74, 6) is 0.742. The molecule has 1 atom stereocenters. The summed E-state index contributed by atoms with van der Waals surface area (Å²) >= 11 is 0. The van der Waals surface area contributed by atoms with Crippen LogP contribution in [0, 0.1) is 11.8 Å². The lowest BCUT2D eigenvalue weighted by molar-refractivity contribution is -0.167. The van der Waals surface area contributed by atoms with E-state index in [-0.39, 0.29) is 31.1 Å². The van der Waals surface area contributed by atoms with E-state index in [1.807, 2.05) is 0 Å². The van der Waals surface area contributed by atoms with E-state index in [4.69, 9.17) is 14.2 Å². The summed E-state index contributed by atoms with van der Waals surface area (Å²) < 4.78 is 16.6. The van der Waals surface area contributed by atoms with Gasteiger partial charge in [-0.25, -0.2) is 0 Å². The van der Waals surface area contributed by atoms with Crippen molar-refractivity contribution < 1.29 is 28.6 Å². The average molecular weight is 751 g/mol. The van der Waals surface area contributed by atoms with Gasteiger partial charge in [0, 0.05) is 19.3 Å². The minimum Gasteiger partial charge on any atom is -0.462 e. The predicted octanol–water partition coefficient (Wildman–Crippen LogP) is 14.6. The molecule has 0 heterocycles. The fraction of sp³-hybridized carbons (Fsp3) is 0.936. The normalized spacial score (nSPS) is 12.1. The number of rotatable bonds is 41. The van der Waals surface area contributed by atoms with Crippen LogP contribution >= 0.6 is 0 Å². The zero-order valence-corrected chi connectivity index (χ0v) is 36.1. The first kappa shape index (κ1) is 51.4. The van der Waals surface area contributed by atoms with Gasteiger partial charge in [-0.1, -0.05) is 214 Å². The summed E-state index contributed by atoms with van der Waals surface area (Å²) in [5, 5.41) is 0. The quantitative estimate of drug-likeness (QED) is 0.0352. The van der Waals surface area contributed by atoms with E-state index in [0.717, 1.165) is 76.0 Å². The van der Waals surface area contributed by atoms with E-state index in [1.165, 1.54) is 135 Å². The van der Waals surface area contributed by atoms with Crippen molar-refractivity contribution in [2.45, 2.75) is 259 Å². The third-order valence-corrected chi connectivity index (χ3v) is 10.5. The largest absolute Gasteiger partial charge is 0.462 e. The smallest absolute Gasteiger partial charge is 0.306 e. The van der Waals surface area contributed by atoms with Crippen LogP contribution in [0.1, 0.15) is 253 Å². The van der Waals surface area contributed by atoms with Gasteiger partial charge in [-0.2, -0.15) is 0 Å². The van der Waals surface area contributed by atoms with Crippen LogP contribution in [0.5, 0.6) is 0 Å². The Balaban J connectivity index is 4.03. The highest BCUT2D eigenvalue weighted by atomic mass is 16.6. The van der Waals surface area contributed by atoms with Crippen LogP contribution in [0.25, 0.3) is 0 Å². The number of ether oxygens (including phenoxy) is 3. The van der Waals surface area contributed by atoms with Gasteiger partial charge in [0.25, 0.3) is 0 Å². The van der Waals surface area contributed by atoms with Crippen LogP contribution < -0.4 is 0 Å². The molecular weight excluding hydrogens is 661 g/mol. The standard InChI is InChI=1S/C47H90O6/c1-6-7-8-25-32-37-45(48)51-40-44(53-47(50)39-34-29-24-23-27-31-36-43(4)5)41-52-46(49)38-33-28-22-20-18-16-14-12-10-9-11-13-15-17-19-21-26-30-35-42(2)3/h42-44H,6-41H2,1-5H3/t44-/m0/s1. The Morgan fingerprint density at radius 3 is 0.925 bits per heavy atom. The minimum atomic E-state index is -0.759. The van der Waals surface area contributed by atoms with Crippen molar-refractivity contribution in [3.05, 3.63) is 0 Å². The molecule has 0 bridgehead atoms. The molecule has 0 radical (unpaired) electrons. The highest BCUT2D eigenvalue weighted by Gasteiger charge is 2.19. The summed E-state index contributed by atoms with van der Waals surface area (Å²) in [4.78, 5) is 37.4.